The van der Waals surface area contributed by atoms with Gasteiger partial charge in [-0.25, -0.2) is 19.1 Å². The quantitative estimate of drug-likeness (QED) is 0.471. The van der Waals surface area contributed by atoms with E-state index in [0.29, 0.717) is 10.4 Å². The lowest BCUT2D eigenvalue weighted by Crippen LogP contribution is -2.32. The van der Waals surface area contributed by atoms with Crippen LogP contribution in [-0.4, -0.2) is 61.2 Å². The van der Waals surface area contributed by atoms with Crippen LogP contribution in [0.15, 0.2) is 22.4 Å². The monoisotopic (exact) mass is 421 g/mol. The van der Waals surface area contributed by atoms with Crippen LogP contribution < -0.4 is 11.4 Å². The molecule has 11 nitrogen and oxygen atoms in total. The summed E-state index contributed by atoms with van der Waals surface area (Å²) in [6, 6.07) is 1.65. The number of fused-ring (bicyclic) bond motifs is 1. The summed E-state index contributed by atoms with van der Waals surface area (Å²) in [5.41, 5.74) is 6.56. The van der Waals surface area contributed by atoms with E-state index >= 15 is 0 Å². The zero-order chi connectivity index (χ0) is 20.7. The molecular formula is C17H19N5O6S. The normalized spacial score (nSPS) is 21.7. The van der Waals surface area contributed by atoms with E-state index in [0.717, 1.165) is 5.56 Å². The third kappa shape index (κ3) is 3.40. The molecule has 1 saturated heterocycles. The number of imidazole rings is 1. The Morgan fingerprint density at radius 2 is 2.31 bits per heavy atom. The number of carbonyl (C=O) groups excluding carboxylic acids is 1. The Morgan fingerprint density at radius 1 is 1.52 bits per heavy atom. The summed E-state index contributed by atoms with van der Waals surface area (Å²) in [6.45, 7) is -0.126. The maximum absolute atomic E-state index is 13.2. The molecule has 0 bridgehead atoms. The number of aliphatic hydroxyl groups is 2. The third-order valence-corrected chi connectivity index (χ3v) is 5.69. The number of thiophene rings is 1. The Morgan fingerprint density at radius 3 is 3.00 bits per heavy atom. The largest absolute Gasteiger partial charge is 0.465 e. The van der Waals surface area contributed by atoms with Crippen LogP contribution in [0.2, 0.25) is 0 Å². The number of hydrogen-bond donors (Lipinski definition) is 3. The first kappa shape index (κ1) is 19.5. The molecule has 0 radical (unpaired) electrons. The Kier molecular flexibility index (Phi) is 5.08. The van der Waals surface area contributed by atoms with Crippen LogP contribution in [0.1, 0.15) is 27.9 Å². The zero-order valence-electron chi connectivity index (χ0n) is 15.4. The molecule has 1 aliphatic heterocycles. The van der Waals surface area contributed by atoms with Crippen LogP contribution in [0.5, 0.6) is 0 Å². The van der Waals surface area contributed by atoms with E-state index in [1.54, 1.807) is 11.4 Å². The zero-order valence-corrected chi connectivity index (χ0v) is 16.2. The van der Waals surface area contributed by atoms with Crippen LogP contribution in [0.3, 0.4) is 0 Å². The highest BCUT2D eigenvalue weighted by Crippen LogP contribution is 2.30. The highest BCUT2D eigenvalue weighted by molar-refractivity contribution is 7.12. The predicted octanol–water partition coefficient (Wildman–Crippen LogP) is -0.288. The highest BCUT2D eigenvalue weighted by atomic mass is 32.1. The van der Waals surface area contributed by atoms with Gasteiger partial charge in [0.25, 0.3) is 0 Å². The maximum atomic E-state index is 13.2. The molecule has 0 aromatic carbocycles. The van der Waals surface area contributed by atoms with Gasteiger partial charge in [0.1, 0.15) is 16.5 Å². The minimum absolute atomic E-state index is 0.0295. The lowest BCUT2D eigenvalue weighted by Gasteiger charge is -2.15. The smallest absolute Gasteiger partial charge is 0.348 e. The fourth-order valence-electron chi connectivity index (χ4n) is 3.38. The first-order valence-corrected chi connectivity index (χ1v) is 9.64. The number of aromatic nitrogens is 4. The van der Waals surface area contributed by atoms with Gasteiger partial charge in [0.15, 0.2) is 11.9 Å². The number of carbonyl (C=O) groups is 1. The molecule has 4 heterocycles. The summed E-state index contributed by atoms with van der Waals surface area (Å²) < 4.78 is 13.0. The number of anilines is 1. The van der Waals surface area contributed by atoms with Crippen LogP contribution in [0, 0.1) is 0 Å². The summed E-state index contributed by atoms with van der Waals surface area (Å²) in [6.07, 6.45) is -0.973. The van der Waals surface area contributed by atoms with Crippen molar-refractivity contribution in [3.05, 3.63) is 38.6 Å². The molecule has 0 spiro atoms. The van der Waals surface area contributed by atoms with E-state index < -0.39 is 30.1 Å². The second kappa shape index (κ2) is 7.55. The number of rotatable bonds is 5. The third-order valence-electron chi connectivity index (χ3n) is 4.73. The number of hydrogen-bond acceptors (Lipinski definition) is 10. The number of esters is 1. The average Bonchev–Trinajstić information content (AvgIpc) is 3.39. The number of methoxy groups -OCH3 is 1. The molecule has 0 unspecified atom stereocenters. The van der Waals surface area contributed by atoms with Gasteiger partial charge in [-0.2, -0.15) is 4.98 Å². The van der Waals surface area contributed by atoms with Gasteiger partial charge in [-0.15, -0.1) is 11.3 Å². The fraction of sp³-hybridized carbons (Fsp3) is 0.412. The predicted molar refractivity (Wildman–Crippen MR) is 103 cm³/mol. The molecule has 0 saturated carbocycles. The van der Waals surface area contributed by atoms with E-state index in [1.807, 2.05) is 0 Å². The van der Waals surface area contributed by atoms with Gasteiger partial charge in [-0.05, 0) is 17.0 Å². The molecule has 0 aliphatic carbocycles. The number of nitrogen functional groups attached to an aromatic ring is 1. The number of nitrogens with two attached hydrogens (primary N) is 1. The van der Waals surface area contributed by atoms with Crippen molar-refractivity contribution in [2.24, 2.45) is 0 Å². The van der Waals surface area contributed by atoms with Crippen LogP contribution >= 0.6 is 11.3 Å². The van der Waals surface area contributed by atoms with Crippen LogP contribution in [0.25, 0.3) is 11.2 Å². The lowest BCUT2D eigenvalue weighted by atomic mass is 10.2. The van der Waals surface area contributed by atoms with Gasteiger partial charge < -0.3 is 25.4 Å². The molecular weight excluding hydrogens is 402 g/mol. The van der Waals surface area contributed by atoms with Crippen molar-refractivity contribution in [2.45, 2.75) is 31.4 Å². The lowest BCUT2D eigenvalue weighted by molar-refractivity contribution is -0.0505. The van der Waals surface area contributed by atoms with E-state index in [-0.39, 0.29) is 31.2 Å². The Labute approximate surface area is 167 Å². The van der Waals surface area contributed by atoms with Gasteiger partial charge in [0, 0.05) is 6.42 Å². The second-order valence-electron chi connectivity index (χ2n) is 6.62. The molecule has 29 heavy (non-hydrogen) atoms. The van der Waals surface area contributed by atoms with E-state index in [9.17, 15) is 19.8 Å². The molecule has 4 N–H and O–H groups in total. The molecule has 1 fully saturated rings. The fourth-order valence-corrected chi connectivity index (χ4v) is 4.20. The number of aliphatic hydroxyl groups excluding tert-OH is 2. The molecule has 154 valence electrons. The minimum atomic E-state index is -1.01. The summed E-state index contributed by atoms with van der Waals surface area (Å²) in [5.74, 6) is -0.484. The average molecular weight is 421 g/mol. The molecule has 4 rings (SSSR count). The van der Waals surface area contributed by atoms with Crippen molar-refractivity contribution in [3.63, 3.8) is 0 Å². The molecule has 12 heteroatoms. The molecule has 0 amide bonds. The van der Waals surface area contributed by atoms with Gasteiger partial charge in [-0.1, -0.05) is 0 Å². The van der Waals surface area contributed by atoms with Crippen molar-refractivity contribution in [3.8, 4) is 0 Å². The molecule has 1 aliphatic rings. The first-order valence-electron chi connectivity index (χ1n) is 8.76. The van der Waals surface area contributed by atoms with Crippen molar-refractivity contribution < 1.29 is 24.5 Å². The van der Waals surface area contributed by atoms with Crippen LogP contribution in [-0.2, 0) is 16.0 Å². The van der Waals surface area contributed by atoms with Crippen molar-refractivity contribution in [1.82, 2.24) is 19.1 Å². The minimum Gasteiger partial charge on any atom is -0.465 e. The van der Waals surface area contributed by atoms with Gasteiger partial charge in [0.2, 0.25) is 5.95 Å². The summed E-state index contributed by atoms with van der Waals surface area (Å²) in [5, 5.41) is 21.4. The summed E-state index contributed by atoms with van der Waals surface area (Å²) >= 11 is 1.21. The van der Waals surface area contributed by atoms with Crippen molar-refractivity contribution >= 4 is 34.4 Å². The van der Waals surface area contributed by atoms with Gasteiger partial charge in [0.05, 0.1) is 32.6 Å². The standard InChI is InChI=1S/C17H19N5O6S/c1-27-15(25)12-2-8(7-29-12)5-21-10-4-19-16(18)20-13(10)22(17(21)26)14-11(24)3-9(6-23)28-14/h2,4,7,9,11,14,23-24H,3,5-6H2,1H3,(H2,18,19,20)/t9-,11+,14+/m0/s1. The van der Waals surface area contributed by atoms with E-state index in [4.69, 9.17) is 15.2 Å². The van der Waals surface area contributed by atoms with Gasteiger partial charge >= 0.3 is 11.7 Å². The Bertz CT molecular complexity index is 1120. The van der Waals surface area contributed by atoms with Crippen molar-refractivity contribution in [1.29, 1.82) is 0 Å². The molecule has 3 atom stereocenters. The second-order valence-corrected chi connectivity index (χ2v) is 7.53. The topological polar surface area (TPSA) is 155 Å². The molecule has 3 aromatic rings. The molecule has 3 aromatic heterocycles. The SMILES string of the molecule is COC(=O)c1cc(Cn2c(=O)n([C@@H]3O[C@H](CO)C[C@H]3O)c3nc(N)ncc32)cs1. The number of nitrogens with zero attached hydrogens (tertiary/aromatic N) is 4. The number of ether oxygens (including phenoxy) is 2. The summed E-state index contributed by atoms with van der Waals surface area (Å²) in [4.78, 5) is 33.4. The van der Waals surface area contributed by atoms with Gasteiger partial charge in [-0.3, -0.25) is 4.57 Å². The first-order chi connectivity index (χ1) is 13.9. The Hall–Kier alpha value is -2.80. The summed E-state index contributed by atoms with van der Waals surface area (Å²) in [7, 11) is 1.30. The van der Waals surface area contributed by atoms with E-state index in [1.165, 1.54) is 33.8 Å². The van der Waals surface area contributed by atoms with Crippen molar-refractivity contribution in [2.75, 3.05) is 19.5 Å². The van der Waals surface area contributed by atoms with E-state index in [2.05, 4.69) is 9.97 Å². The Balaban J connectivity index is 1.79. The maximum Gasteiger partial charge on any atom is 0.348 e. The van der Waals surface area contributed by atoms with Crippen LogP contribution in [0.4, 0.5) is 5.95 Å². The highest BCUT2D eigenvalue weighted by Gasteiger charge is 2.37.